The van der Waals surface area contributed by atoms with Gasteiger partial charge < -0.3 is 0 Å². The van der Waals surface area contributed by atoms with Crippen LogP contribution in [0, 0.1) is 48.7 Å². The van der Waals surface area contributed by atoms with E-state index in [1.807, 2.05) is 0 Å². The molecule has 0 aliphatic carbocycles. The van der Waals surface area contributed by atoms with Crippen molar-refractivity contribution >= 4 is 17.5 Å². The molecule has 3 unspecified atom stereocenters. The van der Waals surface area contributed by atoms with Crippen molar-refractivity contribution in [2.75, 3.05) is 6.61 Å². The second-order valence-electron chi connectivity index (χ2n) is 4.99. The third-order valence-corrected chi connectivity index (χ3v) is 7.89. The Kier molecular flexibility index (Phi) is 8.91. The van der Waals surface area contributed by atoms with Gasteiger partial charge in [-0.2, -0.15) is 0 Å². The van der Waals surface area contributed by atoms with Crippen LogP contribution in [0.15, 0.2) is 12.2 Å². The maximum absolute atomic E-state index is 12.4. The predicted molar refractivity (Wildman–Crippen MR) is 74.3 cm³/mol. The summed E-state index contributed by atoms with van der Waals surface area (Å²) in [6, 6.07) is 0. The van der Waals surface area contributed by atoms with E-state index in [1.54, 1.807) is 6.08 Å². The van der Waals surface area contributed by atoms with Crippen LogP contribution < -0.4 is 5.32 Å². The van der Waals surface area contributed by atoms with Crippen molar-refractivity contribution in [3.63, 3.8) is 0 Å². The van der Waals surface area contributed by atoms with Crippen LogP contribution in [0.5, 0.6) is 0 Å². The standard InChI is InChI=1S/C14H22NO5.Ra.H/c1-4-5-6-12(13(19)15-9-10(2)17)14(20,7-8-16)11(3)18;;/h5-6,9,12,16,20H,4,7-8H2,1-3H3,(H,15,19);;/b6-5+;;/i1D;;. The van der Waals surface area contributed by atoms with Gasteiger partial charge in [0.05, 0.1) is 0 Å². The van der Waals surface area contributed by atoms with E-state index in [4.69, 9.17) is 6.48 Å². The van der Waals surface area contributed by atoms with Crippen LogP contribution in [-0.4, -0.2) is 41.0 Å². The molecule has 0 aromatic heterocycles. The molecule has 3 N–H and O–H groups in total. The van der Waals surface area contributed by atoms with Crippen LogP contribution in [0.4, 0.5) is 0 Å². The molecule has 6 nitrogen and oxygen atoms in total. The van der Waals surface area contributed by atoms with Crippen molar-refractivity contribution in [2.45, 2.75) is 40.3 Å². The second kappa shape index (κ2) is 9.85. The van der Waals surface area contributed by atoms with Gasteiger partial charge in [0.2, 0.25) is 0 Å². The number of nitrogens with one attached hydrogen (secondary N) is 1. The van der Waals surface area contributed by atoms with Gasteiger partial charge in [-0.05, 0) is 0 Å². The fourth-order valence-electron chi connectivity index (χ4n) is 1.82. The summed E-state index contributed by atoms with van der Waals surface area (Å²) in [7, 11) is 0. The topological polar surface area (TPSA) is 104 Å². The van der Waals surface area contributed by atoms with Crippen molar-refractivity contribution in [1.82, 2.24) is 5.32 Å². The molecule has 116 valence electrons. The fourth-order valence-corrected chi connectivity index (χ4v) is 2.99. The average molecular weight is 512 g/mol. The number of aliphatic hydroxyl groups excluding tert-OH is 1. The van der Waals surface area contributed by atoms with E-state index < -0.39 is 30.9 Å². The fraction of sp³-hybridized carbons (Fsp3) is 0.643. The van der Waals surface area contributed by atoms with Crippen LogP contribution in [0.2, 0.25) is 0 Å². The molecule has 0 fully saturated rings. The van der Waals surface area contributed by atoms with Gasteiger partial charge in [0.15, 0.2) is 0 Å². The number of carbonyl (C=O) groups excluding carboxylic acids is 3. The summed E-state index contributed by atoms with van der Waals surface area (Å²) in [5.74, 6) is -2.59. The van der Waals surface area contributed by atoms with Crippen LogP contribution in [0.25, 0.3) is 0 Å². The number of rotatable bonds is 9. The van der Waals surface area contributed by atoms with E-state index in [9.17, 15) is 19.5 Å². The molecule has 0 heterocycles. The Hall–Kier alpha value is -0.0625. The molecule has 0 saturated carbocycles. The third-order valence-electron chi connectivity index (χ3n) is 3.36. The molecule has 0 aromatic rings. The molecule has 3 atom stereocenters. The summed E-state index contributed by atoms with van der Waals surface area (Å²) in [5.41, 5.74) is -2.02. The molecular weight excluding hydrogens is 488 g/mol. The van der Waals surface area contributed by atoms with Gasteiger partial charge in [0.25, 0.3) is 0 Å². The Labute approximate surface area is 155 Å². The van der Waals surface area contributed by atoms with Crippen LogP contribution in [0.1, 0.15) is 35.0 Å². The summed E-state index contributed by atoms with van der Waals surface area (Å²) in [6.07, 6.45) is 3.03. The third kappa shape index (κ3) is 6.29. The van der Waals surface area contributed by atoms with Crippen LogP contribution in [0.3, 0.4) is 0 Å². The molecular formula is C14H23NO5Ra. The summed E-state index contributed by atoms with van der Waals surface area (Å²) in [5, 5.41) is 22.2. The summed E-state index contributed by atoms with van der Waals surface area (Å²) in [4.78, 5) is 35.5. The Morgan fingerprint density at radius 3 is 2.48 bits per heavy atom. The minimum atomic E-state index is -2.02. The Balaban J connectivity index is 5.46. The number of allylic oxidation sites excluding steroid dienone is 1. The SMILES string of the molecule is [2H]CC/C=C/C(C(=O)N[CH]([RaH])C(C)=O)C(O)(CCO)C(C)=O. The van der Waals surface area contributed by atoms with E-state index >= 15 is 0 Å². The van der Waals surface area contributed by atoms with Crippen molar-refractivity contribution in [2.24, 2.45) is 5.92 Å². The first-order valence-electron chi connectivity index (χ1n) is 7.52. The minimum absolute atomic E-state index is 0.116. The molecule has 0 bridgehead atoms. The van der Waals surface area contributed by atoms with Crippen molar-refractivity contribution in [3.05, 3.63) is 12.2 Å². The zero-order valence-corrected chi connectivity index (χ0v) is 21.0. The van der Waals surface area contributed by atoms with E-state index in [-0.39, 0.29) is 61.9 Å². The number of Topliss-reactive ketones (excluding diaryl/α,β-unsaturated/α-hetero) is 2. The number of aliphatic hydroxyl groups is 2. The number of hydrogen-bond donors (Lipinski definition) is 3. The average Bonchev–Trinajstić information content (AvgIpc) is 2.43. The predicted octanol–water partition coefficient (Wildman–Crippen LogP) is -0.416. The monoisotopic (exact) mass is 512 g/mol. The molecule has 0 saturated heterocycles. The van der Waals surface area contributed by atoms with E-state index in [0.29, 0.717) is 6.42 Å². The number of hydrogen-bond acceptors (Lipinski definition) is 5. The molecule has 21 heavy (non-hydrogen) atoms. The van der Waals surface area contributed by atoms with Crippen molar-refractivity contribution < 1.29 is 68.8 Å². The van der Waals surface area contributed by atoms with Gasteiger partial charge in [0.1, 0.15) is 0 Å². The molecule has 0 aromatic carbocycles. The van der Waals surface area contributed by atoms with E-state index in [0.717, 1.165) is 6.92 Å². The van der Waals surface area contributed by atoms with Gasteiger partial charge in [0, 0.05) is 0 Å². The first kappa shape index (κ1) is 19.0. The molecule has 1 amide bonds. The van der Waals surface area contributed by atoms with Crippen LogP contribution >= 0.6 is 0 Å². The second-order valence-corrected chi connectivity index (χ2v) is 9.74. The number of ketones is 2. The van der Waals surface area contributed by atoms with Crippen molar-refractivity contribution in [1.29, 1.82) is 0 Å². The Morgan fingerprint density at radius 1 is 1.43 bits per heavy atom. The Bertz CT molecular complexity index is 443. The summed E-state index contributed by atoms with van der Waals surface area (Å²) < 4.78 is 6.57. The van der Waals surface area contributed by atoms with Gasteiger partial charge in [-0.1, -0.05) is 0 Å². The van der Waals surface area contributed by atoms with Gasteiger partial charge in [-0.3, -0.25) is 0 Å². The quantitative estimate of drug-likeness (QED) is 0.365. The summed E-state index contributed by atoms with van der Waals surface area (Å²) >= 11 is -0.309. The molecule has 0 aliphatic rings. The first-order chi connectivity index (χ1) is 10.2. The summed E-state index contributed by atoms with van der Waals surface area (Å²) in [6.45, 7) is 2.20. The first-order valence-corrected chi connectivity index (χ1v) is 11.6. The van der Waals surface area contributed by atoms with E-state index in [2.05, 4.69) is 5.32 Å². The molecule has 0 spiro atoms. The van der Waals surface area contributed by atoms with Crippen molar-refractivity contribution in [3.8, 4) is 0 Å². The molecule has 0 aliphatic heterocycles. The zero-order chi connectivity index (χ0) is 17.3. The van der Waals surface area contributed by atoms with Gasteiger partial charge in [-0.15, -0.1) is 0 Å². The number of amides is 1. The number of carbonyl (C=O) groups is 3. The van der Waals surface area contributed by atoms with E-state index in [1.165, 1.54) is 13.0 Å². The molecule has 0 radical (unpaired) electrons. The zero-order valence-electron chi connectivity index (χ0n) is 13.8. The van der Waals surface area contributed by atoms with Crippen LogP contribution in [-0.2, 0) is 14.4 Å². The normalized spacial score (nSPS) is 17.6. The molecule has 0 rings (SSSR count). The maximum atomic E-state index is 12.4. The Morgan fingerprint density at radius 2 is 2.05 bits per heavy atom. The molecule has 7 heteroatoms. The van der Waals surface area contributed by atoms with Gasteiger partial charge >= 0.3 is 156 Å². The van der Waals surface area contributed by atoms with Gasteiger partial charge in [-0.25, -0.2) is 0 Å².